The van der Waals surface area contributed by atoms with Gasteiger partial charge in [0.1, 0.15) is 0 Å². The topological polar surface area (TPSA) is 61.6 Å². The van der Waals surface area contributed by atoms with Crippen LogP contribution in [0.15, 0.2) is 0 Å². The fourth-order valence-electron chi connectivity index (χ4n) is 2.70. The maximum absolute atomic E-state index is 12.4. The number of amides is 1. The Morgan fingerprint density at radius 2 is 1.90 bits per heavy atom. The maximum atomic E-state index is 12.4. The summed E-state index contributed by atoms with van der Waals surface area (Å²) in [5.74, 6) is 0.174. The van der Waals surface area contributed by atoms with Crippen LogP contribution in [0.5, 0.6) is 0 Å². The summed E-state index contributed by atoms with van der Waals surface area (Å²) in [5, 5.41) is 13.3. The summed E-state index contributed by atoms with van der Waals surface area (Å²) < 4.78 is 1.83. The highest BCUT2D eigenvalue weighted by atomic mass is 16.3. The number of aryl methyl sites for hydroxylation is 2. The van der Waals surface area contributed by atoms with Gasteiger partial charge in [-0.1, -0.05) is 0 Å². The van der Waals surface area contributed by atoms with Gasteiger partial charge in [0.15, 0.2) is 0 Å². The zero-order chi connectivity index (χ0) is 14.7. The molecular weight excluding hydrogens is 256 g/mol. The molecule has 0 unspecified atom stereocenters. The Kier molecular flexibility index (Phi) is 4.77. The molecule has 6 heteroatoms. The van der Waals surface area contributed by atoms with Crippen LogP contribution < -0.4 is 0 Å². The number of carbonyl (C=O) groups excluding carboxylic acids is 1. The fourth-order valence-corrected chi connectivity index (χ4v) is 2.70. The third-order valence-electron chi connectivity index (χ3n) is 4.13. The van der Waals surface area contributed by atoms with Gasteiger partial charge >= 0.3 is 0 Å². The Labute approximate surface area is 120 Å². The van der Waals surface area contributed by atoms with Crippen LogP contribution in [-0.2, 0) is 18.3 Å². The Hall–Kier alpha value is -1.40. The van der Waals surface area contributed by atoms with Crippen LogP contribution >= 0.6 is 0 Å². The molecule has 1 aliphatic heterocycles. The van der Waals surface area contributed by atoms with Crippen molar-refractivity contribution >= 4 is 5.91 Å². The van der Waals surface area contributed by atoms with Gasteiger partial charge in [-0.3, -0.25) is 14.4 Å². The number of aliphatic hydroxyl groups is 1. The summed E-state index contributed by atoms with van der Waals surface area (Å²) in [6, 6.07) is 0. The van der Waals surface area contributed by atoms with Crippen molar-refractivity contribution < 1.29 is 9.90 Å². The molecular formula is C14H24N4O2. The van der Waals surface area contributed by atoms with Crippen LogP contribution in [0.2, 0.25) is 0 Å². The van der Waals surface area contributed by atoms with Crippen molar-refractivity contribution in [3.63, 3.8) is 0 Å². The molecule has 1 N–H and O–H groups in total. The number of aromatic nitrogens is 2. The molecule has 1 aliphatic rings. The monoisotopic (exact) mass is 280 g/mol. The Morgan fingerprint density at radius 3 is 2.40 bits per heavy atom. The Balaban J connectivity index is 1.93. The Bertz CT molecular complexity index is 476. The number of rotatable bonds is 4. The predicted octanol–water partition coefficient (Wildman–Crippen LogP) is -0.284. The summed E-state index contributed by atoms with van der Waals surface area (Å²) in [7, 11) is 1.91. The van der Waals surface area contributed by atoms with Crippen molar-refractivity contribution in [2.75, 3.05) is 39.3 Å². The van der Waals surface area contributed by atoms with Gasteiger partial charge in [0.2, 0.25) is 5.91 Å². The second-order valence-electron chi connectivity index (χ2n) is 5.40. The Morgan fingerprint density at radius 1 is 1.25 bits per heavy atom. The van der Waals surface area contributed by atoms with Crippen molar-refractivity contribution in [1.82, 2.24) is 19.6 Å². The lowest BCUT2D eigenvalue weighted by atomic mass is 10.1. The third kappa shape index (κ3) is 3.19. The first-order valence-corrected chi connectivity index (χ1v) is 7.13. The normalized spacial score (nSPS) is 16.7. The molecule has 1 aromatic rings. The van der Waals surface area contributed by atoms with Gasteiger partial charge in [-0.2, -0.15) is 5.10 Å². The number of β-amino-alcohol motifs (C(OH)–C–C–N with tert-alkyl or cyclic N) is 1. The number of carbonyl (C=O) groups is 1. The van der Waals surface area contributed by atoms with E-state index in [0.29, 0.717) is 13.0 Å². The molecule has 2 heterocycles. The van der Waals surface area contributed by atoms with E-state index in [2.05, 4.69) is 10.00 Å². The molecule has 0 saturated carbocycles. The lowest BCUT2D eigenvalue weighted by Crippen LogP contribution is -2.49. The fraction of sp³-hybridized carbons (Fsp3) is 0.714. The van der Waals surface area contributed by atoms with E-state index in [-0.39, 0.29) is 12.5 Å². The van der Waals surface area contributed by atoms with E-state index in [9.17, 15) is 4.79 Å². The van der Waals surface area contributed by atoms with E-state index in [1.54, 1.807) is 0 Å². The van der Waals surface area contributed by atoms with Crippen LogP contribution in [0.3, 0.4) is 0 Å². The van der Waals surface area contributed by atoms with Crippen LogP contribution in [0.4, 0.5) is 0 Å². The summed E-state index contributed by atoms with van der Waals surface area (Å²) in [6.07, 6.45) is 0.436. The smallest absolute Gasteiger partial charge is 0.227 e. The predicted molar refractivity (Wildman–Crippen MR) is 76.5 cm³/mol. The number of nitrogens with zero attached hydrogens (tertiary/aromatic N) is 4. The first kappa shape index (κ1) is 15.0. The average Bonchev–Trinajstić information content (AvgIpc) is 2.66. The van der Waals surface area contributed by atoms with Gasteiger partial charge in [-0.15, -0.1) is 0 Å². The van der Waals surface area contributed by atoms with Crippen molar-refractivity contribution in [2.24, 2.45) is 7.05 Å². The lowest BCUT2D eigenvalue weighted by Gasteiger charge is -2.34. The highest BCUT2D eigenvalue weighted by Gasteiger charge is 2.22. The van der Waals surface area contributed by atoms with Crippen LogP contribution in [0.25, 0.3) is 0 Å². The number of piperazine rings is 1. The molecule has 1 amide bonds. The lowest BCUT2D eigenvalue weighted by molar-refractivity contribution is -0.132. The highest BCUT2D eigenvalue weighted by molar-refractivity contribution is 5.79. The molecule has 1 fully saturated rings. The third-order valence-corrected chi connectivity index (χ3v) is 4.13. The summed E-state index contributed by atoms with van der Waals surface area (Å²) in [5.41, 5.74) is 3.06. The molecule has 112 valence electrons. The quantitative estimate of drug-likeness (QED) is 0.824. The minimum atomic E-state index is 0.174. The molecule has 6 nitrogen and oxygen atoms in total. The molecule has 1 saturated heterocycles. The van der Waals surface area contributed by atoms with Gasteiger partial charge in [-0.25, -0.2) is 0 Å². The molecule has 0 spiro atoms. The zero-order valence-electron chi connectivity index (χ0n) is 12.6. The number of hydrogen-bond donors (Lipinski definition) is 1. The van der Waals surface area contributed by atoms with Gasteiger partial charge in [0.25, 0.3) is 0 Å². The minimum absolute atomic E-state index is 0.174. The molecule has 0 atom stereocenters. The van der Waals surface area contributed by atoms with Crippen LogP contribution in [0.1, 0.15) is 17.0 Å². The molecule has 20 heavy (non-hydrogen) atoms. The SMILES string of the molecule is Cc1nn(C)c(C)c1CC(=O)N1CCN(CCO)CC1. The zero-order valence-corrected chi connectivity index (χ0v) is 12.6. The van der Waals surface area contributed by atoms with Gasteiger partial charge in [-0.05, 0) is 13.8 Å². The molecule has 1 aromatic heterocycles. The largest absolute Gasteiger partial charge is 0.395 e. The summed E-state index contributed by atoms with van der Waals surface area (Å²) >= 11 is 0. The van der Waals surface area contributed by atoms with Crippen molar-refractivity contribution in [1.29, 1.82) is 0 Å². The first-order valence-electron chi connectivity index (χ1n) is 7.13. The molecule has 0 aromatic carbocycles. The highest BCUT2D eigenvalue weighted by Crippen LogP contribution is 2.14. The second kappa shape index (κ2) is 6.37. The summed E-state index contributed by atoms with van der Waals surface area (Å²) in [6.45, 7) is 8.02. The van der Waals surface area contributed by atoms with E-state index >= 15 is 0 Å². The molecule has 0 bridgehead atoms. The first-order chi connectivity index (χ1) is 9.52. The molecule has 0 radical (unpaired) electrons. The minimum Gasteiger partial charge on any atom is -0.395 e. The van der Waals surface area contributed by atoms with Crippen molar-refractivity contribution in [3.05, 3.63) is 17.0 Å². The van der Waals surface area contributed by atoms with Crippen LogP contribution in [0, 0.1) is 13.8 Å². The van der Waals surface area contributed by atoms with E-state index < -0.39 is 0 Å². The van der Waals surface area contributed by atoms with E-state index in [4.69, 9.17) is 5.11 Å². The van der Waals surface area contributed by atoms with Crippen molar-refractivity contribution in [2.45, 2.75) is 20.3 Å². The van der Waals surface area contributed by atoms with E-state index in [0.717, 1.165) is 43.1 Å². The number of aliphatic hydroxyl groups excluding tert-OH is 1. The maximum Gasteiger partial charge on any atom is 0.227 e. The van der Waals surface area contributed by atoms with Gasteiger partial charge < -0.3 is 10.0 Å². The van der Waals surface area contributed by atoms with E-state index in [1.807, 2.05) is 30.5 Å². The van der Waals surface area contributed by atoms with Crippen LogP contribution in [-0.4, -0.2) is 69.9 Å². The second-order valence-corrected chi connectivity index (χ2v) is 5.40. The van der Waals surface area contributed by atoms with Gasteiger partial charge in [0.05, 0.1) is 18.7 Å². The standard InChI is InChI=1S/C14H24N4O2/c1-11-13(12(2)16(3)15-11)10-14(20)18-6-4-17(5-7-18)8-9-19/h19H,4-10H2,1-3H3. The average molecular weight is 280 g/mol. The molecule has 2 rings (SSSR count). The summed E-state index contributed by atoms with van der Waals surface area (Å²) in [4.78, 5) is 16.5. The van der Waals surface area contributed by atoms with E-state index in [1.165, 1.54) is 0 Å². The van der Waals surface area contributed by atoms with Gasteiger partial charge in [0, 0.05) is 51.0 Å². The number of hydrogen-bond acceptors (Lipinski definition) is 4. The molecule has 0 aliphatic carbocycles. The van der Waals surface area contributed by atoms with Crippen molar-refractivity contribution in [3.8, 4) is 0 Å².